The van der Waals surface area contributed by atoms with E-state index in [-0.39, 0.29) is 11.2 Å². The molecule has 2 nitrogen and oxygen atoms in total. The van der Waals surface area contributed by atoms with Gasteiger partial charge < -0.3 is 4.90 Å². The third kappa shape index (κ3) is 3.14. The van der Waals surface area contributed by atoms with Crippen molar-refractivity contribution in [3.05, 3.63) is 0 Å². The van der Waals surface area contributed by atoms with Crippen LogP contribution in [0.4, 0.5) is 0 Å². The normalized spacial score (nSPS) is 15.7. The maximum atomic E-state index is 11.3. The van der Waals surface area contributed by atoms with Gasteiger partial charge in [-0.25, -0.2) is 0 Å². The lowest BCUT2D eigenvalue weighted by Crippen LogP contribution is -2.38. The van der Waals surface area contributed by atoms with Crippen LogP contribution in [0.5, 0.6) is 0 Å². The topological polar surface area (TPSA) is 20.3 Å². The van der Waals surface area contributed by atoms with E-state index in [4.69, 9.17) is 0 Å². The van der Waals surface area contributed by atoms with Crippen molar-refractivity contribution in [1.29, 1.82) is 0 Å². The predicted octanol–water partition coefficient (Wildman–Crippen LogP) is 1.56. The van der Waals surface area contributed by atoms with E-state index in [1.54, 1.807) is 11.8 Å². The van der Waals surface area contributed by atoms with Crippen LogP contribution in [0.1, 0.15) is 27.2 Å². The number of thiol groups is 1. The number of carbonyl (C=O) groups is 1. The molecule has 0 aromatic heterocycles. The minimum Gasteiger partial charge on any atom is -0.342 e. The molecule has 0 aliphatic carbocycles. The summed E-state index contributed by atoms with van der Waals surface area (Å²) < 4.78 is 0. The minimum atomic E-state index is -0.186. The van der Waals surface area contributed by atoms with Gasteiger partial charge in [-0.05, 0) is 20.3 Å². The first-order chi connectivity index (χ1) is 5.00. The van der Waals surface area contributed by atoms with Gasteiger partial charge in [-0.3, -0.25) is 4.79 Å². The first-order valence-electron chi connectivity index (χ1n) is 3.95. The second kappa shape index (κ2) is 4.65. The summed E-state index contributed by atoms with van der Waals surface area (Å²) in [5.41, 5.74) is 0. The van der Waals surface area contributed by atoms with Gasteiger partial charge in [-0.2, -0.15) is 12.6 Å². The number of hydrogen-bond donors (Lipinski definition) is 1. The molecule has 0 aromatic carbocycles. The quantitative estimate of drug-likeness (QED) is 0.645. The number of amides is 1. The molecule has 0 fully saturated rings. The highest BCUT2D eigenvalue weighted by Crippen LogP contribution is 2.05. The Morgan fingerprint density at radius 2 is 2.00 bits per heavy atom. The van der Waals surface area contributed by atoms with Crippen LogP contribution in [0, 0.1) is 0 Å². The Kier molecular flexibility index (Phi) is 4.57. The molecule has 66 valence electrons. The molecule has 0 spiro atoms. The lowest BCUT2D eigenvalue weighted by molar-refractivity contribution is -0.130. The van der Waals surface area contributed by atoms with E-state index in [1.807, 2.05) is 14.0 Å². The van der Waals surface area contributed by atoms with Crippen LogP contribution in [0.25, 0.3) is 0 Å². The average Bonchev–Trinajstić information content (AvgIpc) is 2.00. The summed E-state index contributed by atoms with van der Waals surface area (Å²) in [7, 11) is 1.82. The standard InChI is InChI=1S/C8H17NOS/c1-5-6(2)9(4)8(10)7(3)11/h6-7,11H,5H2,1-4H3. The molecular formula is C8H17NOS. The molecule has 0 radical (unpaired) electrons. The van der Waals surface area contributed by atoms with Crippen LogP contribution in [0.15, 0.2) is 0 Å². The molecule has 0 heterocycles. The van der Waals surface area contributed by atoms with Crippen LogP contribution >= 0.6 is 12.6 Å². The minimum absolute atomic E-state index is 0.0997. The smallest absolute Gasteiger partial charge is 0.235 e. The van der Waals surface area contributed by atoms with Gasteiger partial charge >= 0.3 is 0 Å². The number of rotatable bonds is 3. The van der Waals surface area contributed by atoms with Gasteiger partial charge in [0.1, 0.15) is 0 Å². The van der Waals surface area contributed by atoms with E-state index in [0.717, 1.165) is 6.42 Å². The lowest BCUT2D eigenvalue weighted by Gasteiger charge is -2.25. The number of nitrogens with zero attached hydrogens (tertiary/aromatic N) is 1. The molecule has 3 heteroatoms. The maximum Gasteiger partial charge on any atom is 0.235 e. The fraction of sp³-hybridized carbons (Fsp3) is 0.875. The van der Waals surface area contributed by atoms with E-state index in [9.17, 15) is 4.79 Å². The van der Waals surface area contributed by atoms with Gasteiger partial charge in [0.25, 0.3) is 0 Å². The number of carbonyl (C=O) groups excluding carboxylic acids is 1. The van der Waals surface area contributed by atoms with E-state index < -0.39 is 0 Å². The van der Waals surface area contributed by atoms with Crippen LogP contribution in [0.2, 0.25) is 0 Å². The molecule has 2 unspecified atom stereocenters. The molecule has 11 heavy (non-hydrogen) atoms. The SMILES string of the molecule is CCC(C)N(C)C(=O)C(C)S. The van der Waals surface area contributed by atoms with Crippen LogP contribution in [-0.2, 0) is 4.79 Å². The first kappa shape index (κ1) is 10.8. The van der Waals surface area contributed by atoms with E-state index in [2.05, 4.69) is 19.6 Å². The molecule has 0 aromatic rings. The monoisotopic (exact) mass is 175 g/mol. The third-order valence-electron chi connectivity index (χ3n) is 1.96. The van der Waals surface area contributed by atoms with Gasteiger partial charge in [0, 0.05) is 13.1 Å². The molecule has 1 amide bonds. The van der Waals surface area contributed by atoms with Crippen molar-refractivity contribution in [1.82, 2.24) is 4.90 Å². The third-order valence-corrected chi connectivity index (χ3v) is 2.18. The Morgan fingerprint density at radius 3 is 2.27 bits per heavy atom. The lowest BCUT2D eigenvalue weighted by atomic mass is 10.2. The fourth-order valence-electron chi connectivity index (χ4n) is 0.786. The second-order valence-corrected chi connectivity index (χ2v) is 3.66. The summed E-state index contributed by atoms with van der Waals surface area (Å²) >= 11 is 4.07. The van der Waals surface area contributed by atoms with Gasteiger partial charge in [-0.1, -0.05) is 6.92 Å². The van der Waals surface area contributed by atoms with Crippen LogP contribution < -0.4 is 0 Å². The van der Waals surface area contributed by atoms with Crippen molar-refractivity contribution in [2.45, 2.75) is 38.5 Å². The zero-order valence-electron chi connectivity index (χ0n) is 7.66. The van der Waals surface area contributed by atoms with Crippen LogP contribution in [-0.4, -0.2) is 29.1 Å². The zero-order valence-corrected chi connectivity index (χ0v) is 8.56. The molecule has 2 atom stereocenters. The highest BCUT2D eigenvalue weighted by molar-refractivity contribution is 7.81. The van der Waals surface area contributed by atoms with Gasteiger partial charge in [0.15, 0.2) is 0 Å². The average molecular weight is 175 g/mol. The second-order valence-electron chi connectivity index (χ2n) is 2.88. The molecule has 0 rings (SSSR count). The molecule has 0 aliphatic heterocycles. The molecular weight excluding hydrogens is 158 g/mol. The Hall–Kier alpha value is -0.180. The Bertz CT molecular complexity index is 136. The summed E-state index contributed by atoms with van der Waals surface area (Å²) in [4.78, 5) is 13.0. The van der Waals surface area contributed by atoms with Crippen molar-refractivity contribution in [2.24, 2.45) is 0 Å². The predicted molar refractivity (Wildman–Crippen MR) is 51.0 cm³/mol. The highest BCUT2D eigenvalue weighted by Gasteiger charge is 2.17. The van der Waals surface area contributed by atoms with Gasteiger partial charge in [-0.15, -0.1) is 0 Å². The molecule has 0 saturated carbocycles. The van der Waals surface area contributed by atoms with Gasteiger partial charge in [0.05, 0.1) is 5.25 Å². The van der Waals surface area contributed by atoms with E-state index >= 15 is 0 Å². The summed E-state index contributed by atoms with van der Waals surface area (Å²) in [5.74, 6) is 0.0997. The molecule has 0 bridgehead atoms. The van der Waals surface area contributed by atoms with Crippen LogP contribution in [0.3, 0.4) is 0 Å². The number of hydrogen-bond acceptors (Lipinski definition) is 2. The molecule has 0 aliphatic rings. The summed E-state index contributed by atoms with van der Waals surface area (Å²) in [6.07, 6.45) is 0.989. The van der Waals surface area contributed by atoms with Gasteiger partial charge in [0.2, 0.25) is 5.91 Å². The van der Waals surface area contributed by atoms with Crippen molar-refractivity contribution in [3.8, 4) is 0 Å². The fourth-order valence-corrected chi connectivity index (χ4v) is 0.968. The zero-order chi connectivity index (χ0) is 9.02. The van der Waals surface area contributed by atoms with E-state index in [1.165, 1.54) is 0 Å². The first-order valence-corrected chi connectivity index (χ1v) is 4.47. The van der Waals surface area contributed by atoms with Crippen molar-refractivity contribution < 1.29 is 4.79 Å². The van der Waals surface area contributed by atoms with E-state index in [0.29, 0.717) is 6.04 Å². The summed E-state index contributed by atoms with van der Waals surface area (Å²) in [5, 5.41) is -0.186. The van der Waals surface area contributed by atoms with Crippen molar-refractivity contribution >= 4 is 18.5 Å². The molecule has 0 N–H and O–H groups in total. The highest BCUT2D eigenvalue weighted by atomic mass is 32.1. The molecule has 0 saturated heterocycles. The summed E-state index contributed by atoms with van der Waals surface area (Å²) in [6.45, 7) is 5.90. The summed E-state index contributed by atoms with van der Waals surface area (Å²) in [6, 6.07) is 0.317. The largest absolute Gasteiger partial charge is 0.342 e. The Morgan fingerprint density at radius 1 is 1.55 bits per heavy atom. The Balaban J connectivity index is 4.02. The van der Waals surface area contributed by atoms with Crippen molar-refractivity contribution in [3.63, 3.8) is 0 Å². The Labute approximate surface area is 74.4 Å². The van der Waals surface area contributed by atoms with Crippen molar-refractivity contribution in [2.75, 3.05) is 7.05 Å². The maximum absolute atomic E-state index is 11.3.